The number of rotatable bonds is 13. The number of ether oxygens (including phenoxy) is 2. The second kappa shape index (κ2) is 13.4. The zero-order valence-corrected chi connectivity index (χ0v) is 25.8. The van der Waals surface area contributed by atoms with E-state index in [-0.39, 0.29) is 35.7 Å². The summed E-state index contributed by atoms with van der Waals surface area (Å²) in [4.78, 5) is 45.6. The quantitative estimate of drug-likeness (QED) is 0.227. The molecule has 0 saturated carbocycles. The molecule has 1 aromatic heterocycles. The fourth-order valence-electron chi connectivity index (χ4n) is 5.47. The number of fused-ring (bicyclic) bond motifs is 1. The highest BCUT2D eigenvalue weighted by Crippen LogP contribution is 2.42. The molecule has 1 amide bonds. The van der Waals surface area contributed by atoms with Gasteiger partial charge in [0.2, 0.25) is 0 Å². The average Bonchev–Trinajstić information content (AvgIpc) is 3.59. The molecule has 0 aliphatic carbocycles. The highest BCUT2D eigenvalue weighted by molar-refractivity contribution is 6.06. The summed E-state index contributed by atoms with van der Waals surface area (Å²) < 4.78 is 12.0. The maximum atomic E-state index is 13.8. The summed E-state index contributed by atoms with van der Waals surface area (Å²) in [6.45, 7) is 10.8. The number of unbranched alkanes of at least 4 members (excludes halogenated alkanes) is 1. The number of carboxylic acid groups (broad SMARTS) is 1. The number of hydrogen-bond acceptors (Lipinski definition) is 8. The second-order valence-corrected chi connectivity index (χ2v) is 12.0. The number of benzene rings is 1. The molecule has 0 unspecified atom stereocenters. The molecule has 1 saturated heterocycles. The molecular weight excluding hydrogens is 550 g/mol. The van der Waals surface area contributed by atoms with E-state index < -0.39 is 11.9 Å². The van der Waals surface area contributed by atoms with E-state index in [1.54, 1.807) is 11.0 Å². The summed E-state index contributed by atoms with van der Waals surface area (Å²) in [5, 5.41) is 20.3. The third-order valence-corrected chi connectivity index (χ3v) is 7.72. The number of carboxylic acids is 1. The Kier molecular flexibility index (Phi) is 9.93. The molecule has 43 heavy (non-hydrogen) atoms. The molecule has 0 radical (unpaired) electrons. The lowest BCUT2D eigenvalue weighted by Gasteiger charge is -2.30. The minimum atomic E-state index is -0.817. The van der Waals surface area contributed by atoms with E-state index in [4.69, 9.17) is 20.0 Å². The molecule has 1 fully saturated rings. The van der Waals surface area contributed by atoms with Crippen LogP contribution in [0.1, 0.15) is 97.5 Å². The van der Waals surface area contributed by atoms with Crippen molar-refractivity contribution in [3.05, 3.63) is 46.3 Å². The van der Waals surface area contributed by atoms with Crippen molar-refractivity contribution in [1.29, 1.82) is 5.41 Å². The Hall–Kier alpha value is -4.15. The van der Waals surface area contributed by atoms with Crippen molar-refractivity contribution >= 4 is 29.2 Å². The Morgan fingerprint density at radius 3 is 2.44 bits per heavy atom. The molecule has 2 aliphatic rings. The van der Waals surface area contributed by atoms with Gasteiger partial charge in [-0.1, -0.05) is 20.8 Å². The fraction of sp³-hybridized carbons (Fsp3) is 0.531. The Labute approximate surface area is 253 Å². The van der Waals surface area contributed by atoms with Gasteiger partial charge < -0.3 is 29.7 Å². The highest BCUT2D eigenvalue weighted by Gasteiger charge is 2.32. The first kappa shape index (κ1) is 31.8. The van der Waals surface area contributed by atoms with Crippen molar-refractivity contribution in [2.45, 2.75) is 71.8 Å². The zero-order valence-electron chi connectivity index (χ0n) is 25.8. The second-order valence-electron chi connectivity index (χ2n) is 12.0. The van der Waals surface area contributed by atoms with E-state index in [0.717, 1.165) is 48.5 Å². The van der Waals surface area contributed by atoms with Crippen LogP contribution < -0.4 is 19.7 Å². The standard InChI is InChI=1S/C32H43N5O6/c1-6-42-25-17-21-18-37(30(33)27(21)35-28(25)31(41)34-5)19-24(38)20-15-22(32(2,3)4)29(43-14-10-7-11-26(39)40)23(16-20)36-12-8-9-13-36/h15-17,33H,6-14,18-19H2,1-5H3,(H,34,41)(H,39,40). The number of carbonyl (C=O) groups excluding carboxylic acids is 2. The van der Waals surface area contributed by atoms with Crippen LogP contribution in [0, 0.1) is 5.41 Å². The lowest BCUT2D eigenvalue weighted by atomic mass is 9.84. The van der Waals surface area contributed by atoms with E-state index in [1.807, 2.05) is 19.1 Å². The zero-order chi connectivity index (χ0) is 31.3. The maximum Gasteiger partial charge on any atom is 0.303 e. The van der Waals surface area contributed by atoms with Gasteiger partial charge in [-0.05, 0) is 56.2 Å². The van der Waals surface area contributed by atoms with E-state index in [2.05, 4.69) is 36.0 Å². The van der Waals surface area contributed by atoms with Gasteiger partial charge in [-0.2, -0.15) is 0 Å². The maximum absolute atomic E-state index is 13.8. The number of anilines is 1. The lowest BCUT2D eigenvalue weighted by molar-refractivity contribution is -0.137. The first-order valence-electron chi connectivity index (χ1n) is 15.0. The van der Waals surface area contributed by atoms with Crippen LogP contribution in [0.3, 0.4) is 0 Å². The van der Waals surface area contributed by atoms with Crippen molar-refractivity contribution in [3.8, 4) is 11.5 Å². The van der Waals surface area contributed by atoms with Crippen molar-refractivity contribution in [1.82, 2.24) is 15.2 Å². The van der Waals surface area contributed by atoms with Crippen molar-refractivity contribution in [2.24, 2.45) is 0 Å². The number of amidine groups is 1. The number of aromatic nitrogens is 1. The Balaban J connectivity index is 1.62. The number of amides is 1. The summed E-state index contributed by atoms with van der Waals surface area (Å²) in [6.07, 6.45) is 3.37. The molecule has 2 aliphatic heterocycles. The molecular formula is C32H43N5O6. The molecule has 11 nitrogen and oxygen atoms in total. The van der Waals surface area contributed by atoms with Crippen LogP contribution in [-0.4, -0.2) is 78.4 Å². The molecule has 4 rings (SSSR count). The number of ketones is 1. The Bertz CT molecular complexity index is 1390. The van der Waals surface area contributed by atoms with E-state index in [0.29, 0.717) is 49.6 Å². The number of aliphatic carboxylic acids is 1. The third kappa shape index (κ3) is 7.26. The van der Waals surface area contributed by atoms with E-state index >= 15 is 0 Å². The molecule has 232 valence electrons. The Morgan fingerprint density at radius 1 is 1.09 bits per heavy atom. The van der Waals surface area contributed by atoms with Gasteiger partial charge in [0.05, 0.1) is 25.4 Å². The van der Waals surface area contributed by atoms with Gasteiger partial charge in [0, 0.05) is 49.8 Å². The number of pyridine rings is 1. The summed E-state index contributed by atoms with van der Waals surface area (Å²) in [5.41, 5.74) is 3.23. The average molecular weight is 594 g/mol. The van der Waals surface area contributed by atoms with E-state index in [9.17, 15) is 14.4 Å². The molecule has 2 aromatic rings. The summed E-state index contributed by atoms with van der Waals surface area (Å²) >= 11 is 0. The van der Waals surface area contributed by atoms with Crippen LogP contribution in [0.15, 0.2) is 18.2 Å². The van der Waals surface area contributed by atoms with Gasteiger partial charge in [-0.25, -0.2) is 4.98 Å². The van der Waals surface area contributed by atoms with Crippen LogP contribution in [-0.2, 0) is 16.8 Å². The number of nitrogens with zero attached hydrogens (tertiary/aromatic N) is 3. The predicted octanol–water partition coefficient (Wildman–Crippen LogP) is 4.40. The third-order valence-electron chi connectivity index (χ3n) is 7.72. The molecule has 3 N–H and O–H groups in total. The summed E-state index contributed by atoms with van der Waals surface area (Å²) in [5.74, 6) is -0.159. The van der Waals surface area contributed by atoms with Crippen LogP contribution in [0.25, 0.3) is 0 Å². The molecule has 0 bridgehead atoms. The minimum absolute atomic E-state index is 0.0209. The SMILES string of the molecule is CCOc1cc2c(nc1C(=O)NC)C(=N)N(CC(=O)c1cc(N3CCCC3)c(OCCCCC(=O)O)c(C(C)(C)C)c1)C2. The first-order chi connectivity index (χ1) is 20.4. The summed E-state index contributed by atoms with van der Waals surface area (Å²) in [7, 11) is 1.52. The predicted molar refractivity (Wildman–Crippen MR) is 164 cm³/mol. The highest BCUT2D eigenvalue weighted by atomic mass is 16.5. The topological polar surface area (TPSA) is 145 Å². The van der Waals surface area contributed by atoms with E-state index in [1.165, 1.54) is 7.05 Å². The van der Waals surface area contributed by atoms with Crippen LogP contribution in [0.4, 0.5) is 5.69 Å². The molecule has 0 spiro atoms. The van der Waals surface area contributed by atoms with Gasteiger partial charge >= 0.3 is 5.97 Å². The number of carbonyl (C=O) groups is 3. The fourth-order valence-corrected chi connectivity index (χ4v) is 5.47. The minimum Gasteiger partial charge on any atom is -0.491 e. The number of Topliss-reactive ketones (excluding diaryl/α,β-unsaturated/α-hetero) is 1. The van der Waals surface area contributed by atoms with Crippen molar-refractivity contribution < 1.29 is 29.0 Å². The van der Waals surface area contributed by atoms with Crippen LogP contribution in [0.5, 0.6) is 11.5 Å². The van der Waals surface area contributed by atoms with Crippen LogP contribution in [0.2, 0.25) is 0 Å². The lowest BCUT2D eigenvalue weighted by Crippen LogP contribution is -2.31. The van der Waals surface area contributed by atoms with Crippen molar-refractivity contribution in [3.63, 3.8) is 0 Å². The monoisotopic (exact) mass is 593 g/mol. The first-order valence-corrected chi connectivity index (χ1v) is 15.0. The molecule has 11 heteroatoms. The van der Waals surface area contributed by atoms with Gasteiger partial charge in [0.1, 0.15) is 17.3 Å². The largest absolute Gasteiger partial charge is 0.491 e. The molecule has 1 aromatic carbocycles. The van der Waals surface area contributed by atoms with Crippen LogP contribution >= 0.6 is 0 Å². The smallest absolute Gasteiger partial charge is 0.303 e. The number of nitrogens with one attached hydrogen (secondary N) is 2. The molecule has 0 atom stereocenters. The normalized spacial score (nSPS) is 14.6. The van der Waals surface area contributed by atoms with Gasteiger partial charge in [-0.15, -0.1) is 0 Å². The van der Waals surface area contributed by atoms with Crippen molar-refractivity contribution in [2.75, 3.05) is 44.8 Å². The number of hydrogen-bond donors (Lipinski definition) is 3. The van der Waals surface area contributed by atoms with Gasteiger partial charge in [0.25, 0.3) is 5.91 Å². The van der Waals surface area contributed by atoms with Gasteiger partial charge in [0.15, 0.2) is 17.2 Å². The Morgan fingerprint density at radius 2 is 1.81 bits per heavy atom. The van der Waals surface area contributed by atoms with Gasteiger partial charge in [-0.3, -0.25) is 19.8 Å². The summed E-state index contributed by atoms with van der Waals surface area (Å²) in [6, 6.07) is 5.54. The molecule has 3 heterocycles.